The molecule has 1 aromatic heterocycles. The van der Waals surface area contributed by atoms with Gasteiger partial charge in [-0.3, -0.25) is 4.79 Å². The first-order chi connectivity index (χ1) is 14.0. The molecular weight excluding hydrogens is 362 g/mol. The van der Waals surface area contributed by atoms with Gasteiger partial charge < -0.3 is 11.5 Å². The van der Waals surface area contributed by atoms with Crippen LogP contribution in [0, 0.1) is 6.92 Å². The summed E-state index contributed by atoms with van der Waals surface area (Å²) in [6.07, 6.45) is 6.23. The van der Waals surface area contributed by atoms with Crippen molar-refractivity contribution in [3.8, 4) is 11.1 Å². The van der Waals surface area contributed by atoms with Gasteiger partial charge in [-0.1, -0.05) is 48.4 Å². The van der Waals surface area contributed by atoms with Crippen LogP contribution in [-0.2, 0) is 5.41 Å². The highest BCUT2D eigenvalue weighted by molar-refractivity contribution is 6.06. The maximum Gasteiger partial charge on any atom is 0.278 e. The molecule has 6 heteroatoms. The molecule has 4 rings (SSSR count). The van der Waals surface area contributed by atoms with Gasteiger partial charge in [0.25, 0.3) is 5.91 Å². The zero-order chi connectivity index (χ0) is 20.4. The van der Waals surface area contributed by atoms with E-state index in [4.69, 9.17) is 11.5 Å². The van der Waals surface area contributed by atoms with Crippen LogP contribution in [0.25, 0.3) is 11.1 Å². The van der Waals surface area contributed by atoms with Gasteiger partial charge in [-0.15, -0.1) is 0 Å². The summed E-state index contributed by atoms with van der Waals surface area (Å²) < 4.78 is 0. The van der Waals surface area contributed by atoms with Crippen molar-refractivity contribution in [2.24, 2.45) is 10.7 Å². The molecule has 0 saturated heterocycles. The Bertz CT molecular complexity index is 1050. The zero-order valence-corrected chi connectivity index (χ0v) is 16.3. The monoisotopic (exact) mass is 385 g/mol. The fourth-order valence-electron chi connectivity index (χ4n) is 3.67. The average molecular weight is 385 g/mol. The van der Waals surface area contributed by atoms with Crippen LogP contribution in [0.5, 0.6) is 0 Å². The number of aliphatic imine (C=N–C) groups is 1. The Labute approximate surface area is 169 Å². The SMILES string of the molecule is Cc1ccc(C(=O)N=C(N)C2(c3ccc(-c4cnc(N)nc4)cc3)CCC2)cc1. The van der Waals surface area contributed by atoms with Crippen molar-refractivity contribution >= 4 is 17.7 Å². The summed E-state index contributed by atoms with van der Waals surface area (Å²) in [6, 6.07) is 15.5. The van der Waals surface area contributed by atoms with Gasteiger partial charge in [-0.25, -0.2) is 9.97 Å². The number of carbonyl (C=O) groups is 1. The van der Waals surface area contributed by atoms with Crippen LogP contribution in [0.3, 0.4) is 0 Å². The summed E-state index contributed by atoms with van der Waals surface area (Å²) in [5, 5.41) is 0. The average Bonchev–Trinajstić information content (AvgIpc) is 2.69. The lowest BCUT2D eigenvalue weighted by atomic mass is 9.63. The lowest BCUT2D eigenvalue weighted by Gasteiger charge is -2.41. The fraction of sp³-hybridized carbons (Fsp3) is 0.217. The van der Waals surface area contributed by atoms with Crippen LogP contribution >= 0.6 is 0 Å². The van der Waals surface area contributed by atoms with Crippen LogP contribution in [-0.4, -0.2) is 21.7 Å². The van der Waals surface area contributed by atoms with Gasteiger partial charge in [0.2, 0.25) is 5.95 Å². The van der Waals surface area contributed by atoms with E-state index in [9.17, 15) is 4.79 Å². The normalized spacial score (nSPS) is 15.6. The van der Waals surface area contributed by atoms with Crippen LogP contribution in [0.2, 0.25) is 0 Å². The molecule has 1 heterocycles. The van der Waals surface area contributed by atoms with E-state index >= 15 is 0 Å². The van der Waals surface area contributed by atoms with Gasteiger partial charge in [0.15, 0.2) is 0 Å². The molecule has 146 valence electrons. The molecule has 4 N–H and O–H groups in total. The Morgan fingerprint density at radius 2 is 1.59 bits per heavy atom. The number of aromatic nitrogens is 2. The van der Waals surface area contributed by atoms with Gasteiger partial charge in [0, 0.05) is 23.5 Å². The molecule has 0 unspecified atom stereocenters. The number of rotatable bonds is 4. The van der Waals surface area contributed by atoms with E-state index in [1.807, 2.05) is 43.3 Å². The van der Waals surface area contributed by atoms with E-state index in [1.54, 1.807) is 24.5 Å². The summed E-state index contributed by atoms with van der Waals surface area (Å²) in [7, 11) is 0. The number of amides is 1. The maximum atomic E-state index is 12.6. The van der Waals surface area contributed by atoms with Gasteiger partial charge in [-0.05, 0) is 43.0 Å². The number of hydrogen-bond acceptors (Lipinski definition) is 4. The number of hydrogen-bond donors (Lipinski definition) is 2. The molecule has 0 aliphatic heterocycles. The predicted octanol–water partition coefficient (Wildman–Crippen LogP) is 3.65. The minimum atomic E-state index is -0.378. The standard InChI is InChI=1S/C23H23N5O/c1-15-3-5-17(6-4-15)20(29)28-21(24)23(11-2-12-23)19-9-7-16(8-10-19)18-13-26-22(25)27-14-18/h3-10,13-14H,2,11-12H2,1H3,(H2,24,28,29)(H2,25,26,27). The summed E-state index contributed by atoms with van der Waals surface area (Å²) in [5.41, 5.74) is 16.2. The molecule has 6 nitrogen and oxygen atoms in total. The van der Waals surface area contributed by atoms with Gasteiger partial charge >= 0.3 is 0 Å². The van der Waals surface area contributed by atoms with Crippen molar-refractivity contribution < 1.29 is 4.79 Å². The summed E-state index contributed by atoms with van der Waals surface area (Å²) in [5.74, 6) is 0.336. The van der Waals surface area contributed by atoms with Gasteiger partial charge in [0.1, 0.15) is 5.84 Å². The summed E-state index contributed by atoms with van der Waals surface area (Å²) >= 11 is 0. The molecule has 2 aromatic carbocycles. The molecule has 1 amide bonds. The third kappa shape index (κ3) is 3.61. The molecule has 0 atom stereocenters. The third-order valence-corrected chi connectivity index (χ3v) is 5.66. The van der Waals surface area contributed by atoms with Crippen molar-refractivity contribution in [2.75, 3.05) is 5.73 Å². The fourth-order valence-corrected chi connectivity index (χ4v) is 3.67. The number of anilines is 1. The second kappa shape index (κ2) is 7.47. The van der Waals surface area contributed by atoms with Crippen molar-refractivity contribution in [3.63, 3.8) is 0 Å². The molecule has 29 heavy (non-hydrogen) atoms. The highest BCUT2D eigenvalue weighted by Gasteiger charge is 2.42. The quantitative estimate of drug-likeness (QED) is 0.526. The van der Waals surface area contributed by atoms with E-state index in [1.165, 1.54) is 0 Å². The Morgan fingerprint density at radius 1 is 0.966 bits per heavy atom. The molecular formula is C23H23N5O. The number of nitrogens with two attached hydrogens (primary N) is 2. The van der Waals surface area contributed by atoms with Crippen LogP contribution in [0.15, 0.2) is 65.9 Å². The predicted molar refractivity (Wildman–Crippen MR) is 115 cm³/mol. The first kappa shape index (κ1) is 18.8. The number of nitrogen functional groups attached to an aromatic ring is 1. The van der Waals surface area contributed by atoms with E-state index in [2.05, 4.69) is 15.0 Å². The molecule has 0 bridgehead atoms. The minimum Gasteiger partial charge on any atom is -0.386 e. The van der Waals surface area contributed by atoms with Crippen molar-refractivity contribution in [2.45, 2.75) is 31.6 Å². The smallest absolute Gasteiger partial charge is 0.278 e. The topological polar surface area (TPSA) is 107 Å². The lowest BCUT2D eigenvalue weighted by Crippen LogP contribution is -2.47. The van der Waals surface area contributed by atoms with E-state index < -0.39 is 0 Å². The molecule has 0 radical (unpaired) electrons. The highest BCUT2D eigenvalue weighted by atomic mass is 16.1. The van der Waals surface area contributed by atoms with Crippen molar-refractivity contribution in [3.05, 3.63) is 77.6 Å². The molecule has 1 aliphatic carbocycles. The first-order valence-corrected chi connectivity index (χ1v) is 9.62. The third-order valence-electron chi connectivity index (χ3n) is 5.66. The van der Waals surface area contributed by atoms with Crippen LogP contribution in [0.1, 0.15) is 40.7 Å². The number of benzene rings is 2. The van der Waals surface area contributed by atoms with E-state index in [0.717, 1.165) is 41.5 Å². The van der Waals surface area contributed by atoms with Crippen LogP contribution in [0.4, 0.5) is 5.95 Å². The lowest BCUT2D eigenvalue weighted by molar-refractivity contribution is 0.100. The number of amidine groups is 1. The molecule has 1 fully saturated rings. The number of nitrogens with zero attached hydrogens (tertiary/aromatic N) is 3. The largest absolute Gasteiger partial charge is 0.386 e. The zero-order valence-electron chi connectivity index (χ0n) is 16.3. The molecule has 1 saturated carbocycles. The minimum absolute atomic E-state index is 0.251. The number of carbonyl (C=O) groups excluding carboxylic acids is 1. The van der Waals surface area contributed by atoms with Crippen molar-refractivity contribution in [1.82, 2.24) is 9.97 Å². The second-order valence-electron chi connectivity index (χ2n) is 7.51. The van der Waals surface area contributed by atoms with Crippen LogP contribution < -0.4 is 11.5 Å². The summed E-state index contributed by atoms with van der Waals surface area (Å²) in [6.45, 7) is 1.98. The second-order valence-corrected chi connectivity index (χ2v) is 7.51. The Balaban J connectivity index is 1.60. The van der Waals surface area contributed by atoms with E-state index in [0.29, 0.717) is 11.4 Å². The van der Waals surface area contributed by atoms with Gasteiger partial charge in [-0.2, -0.15) is 4.99 Å². The Morgan fingerprint density at radius 3 is 2.14 bits per heavy atom. The first-order valence-electron chi connectivity index (χ1n) is 9.62. The Kier molecular flexibility index (Phi) is 4.84. The van der Waals surface area contributed by atoms with Crippen molar-refractivity contribution in [1.29, 1.82) is 0 Å². The summed E-state index contributed by atoms with van der Waals surface area (Å²) in [4.78, 5) is 24.9. The Hall–Kier alpha value is -3.54. The molecule has 1 aliphatic rings. The van der Waals surface area contributed by atoms with E-state index in [-0.39, 0.29) is 17.3 Å². The van der Waals surface area contributed by atoms with Gasteiger partial charge in [0.05, 0.1) is 5.41 Å². The molecule has 0 spiro atoms. The maximum absolute atomic E-state index is 12.6. The highest BCUT2D eigenvalue weighted by Crippen LogP contribution is 2.44. The number of aryl methyl sites for hydroxylation is 1. The molecule has 3 aromatic rings.